The number of fused-ring (bicyclic) bond motifs is 3. The van der Waals surface area contributed by atoms with E-state index in [1.807, 2.05) is 30.3 Å². The van der Waals surface area contributed by atoms with Gasteiger partial charge in [0.05, 0.1) is 6.61 Å². The molecule has 0 spiro atoms. The Hall–Kier alpha value is -3.21. The van der Waals surface area contributed by atoms with E-state index >= 15 is 0 Å². The summed E-state index contributed by atoms with van der Waals surface area (Å²) < 4.78 is 22.4. The molecule has 1 unspecified atom stereocenters. The molecule has 30 heavy (non-hydrogen) atoms. The van der Waals surface area contributed by atoms with Crippen molar-refractivity contribution in [3.63, 3.8) is 0 Å². The van der Waals surface area contributed by atoms with Gasteiger partial charge in [0, 0.05) is 22.6 Å². The minimum Gasteiger partial charge on any atom is -0.455 e. The largest absolute Gasteiger partial charge is 0.455 e. The lowest BCUT2D eigenvalue weighted by atomic mass is 9.98. The molecule has 4 aromatic carbocycles. The van der Waals surface area contributed by atoms with Crippen LogP contribution in [0, 0.1) is 0 Å². The van der Waals surface area contributed by atoms with Gasteiger partial charge in [-0.05, 0) is 28.3 Å². The van der Waals surface area contributed by atoms with Crippen LogP contribution in [0.1, 0.15) is 5.56 Å². The van der Waals surface area contributed by atoms with Crippen LogP contribution in [0.25, 0.3) is 44.2 Å². The van der Waals surface area contributed by atoms with Gasteiger partial charge in [-0.3, -0.25) is 4.18 Å². The van der Waals surface area contributed by atoms with E-state index in [1.54, 1.807) is 0 Å². The van der Waals surface area contributed by atoms with E-state index < -0.39 is 11.1 Å². The molecular weight excluding hydrogens is 392 g/mol. The fourth-order valence-electron chi connectivity index (χ4n) is 3.76. The van der Waals surface area contributed by atoms with Crippen molar-refractivity contribution >= 4 is 33.0 Å². The Labute approximate surface area is 177 Å². The molecular formula is C26H20O3S. The van der Waals surface area contributed by atoms with Gasteiger partial charge in [0.25, 0.3) is 0 Å². The molecule has 0 saturated heterocycles. The van der Waals surface area contributed by atoms with Crippen LogP contribution in [-0.2, 0) is 21.9 Å². The second-order valence-electron chi connectivity index (χ2n) is 7.22. The van der Waals surface area contributed by atoms with Crippen molar-refractivity contribution in [3.05, 3.63) is 96.6 Å². The molecule has 0 aliphatic carbocycles. The lowest BCUT2D eigenvalue weighted by Crippen LogP contribution is -1.94. The summed E-state index contributed by atoms with van der Waals surface area (Å²) in [5, 5.41) is 2.28. The summed E-state index contributed by atoms with van der Waals surface area (Å²) in [4.78, 5) is 0. The normalized spacial score (nSPS) is 12.4. The van der Waals surface area contributed by atoms with Crippen molar-refractivity contribution in [2.45, 2.75) is 6.61 Å². The minimum atomic E-state index is -1.25. The van der Waals surface area contributed by atoms with Crippen molar-refractivity contribution in [2.24, 2.45) is 0 Å². The first-order chi connectivity index (χ1) is 14.7. The van der Waals surface area contributed by atoms with Crippen molar-refractivity contribution in [2.75, 3.05) is 6.26 Å². The molecule has 0 aliphatic heterocycles. The summed E-state index contributed by atoms with van der Waals surface area (Å²) in [5.41, 5.74) is 7.32. The molecule has 0 N–H and O–H groups in total. The van der Waals surface area contributed by atoms with Crippen LogP contribution >= 0.6 is 0 Å². The summed E-state index contributed by atoms with van der Waals surface area (Å²) in [6.45, 7) is 0.351. The average molecular weight is 413 g/mol. The van der Waals surface area contributed by atoms with Crippen LogP contribution < -0.4 is 0 Å². The predicted molar refractivity (Wildman–Crippen MR) is 123 cm³/mol. The van der Waals surface area contributed by atoms with Gasteiger partial charge in [0.15, 0.2) is 11.1 Å². The molecule has 0 fully saturated rings. The van der Waals surface area contributed by atoms with Crippen LogP contribution in [0.2, 0.25) is 0 Å². The molecule has 4 heteroatoms. The highest BCUT2D eigenvalue weighted by atomic mass is 32.2. The van der Waals surface area contributed by atoms with E-state index in [-0.39, 0.29) is 0 Å². The monoisotopic (exact) mass is 412 g/mol. The van der Waals surface area contributed by atoms with E-state index in [0.29, 0.717) is 6.61 Å². The molecule has 5 aromatic rings. The maximum atomic E-state index is 11.1. The SMILES string of the molecule is CS(=O)OCc1ccc(-c2ccc(-c3cccc4c3oc3ccccc34)cc2)cc1. The van der Waals surface area contributed by atoms with Gasteiger partial charge in [-0.25, -0.2) is 4.21 Å². The fourth-order valence-corrected chi connectivity index (χ4v) is 4.06. The zero-order valence-electron chi connectivity index (χ0n) is 16.5. The predicted octanol–water partition coefficient (Wildman–Crippen LogP) is 6.73. The molecule has 0 bridgehead atoms. The third-order valence-corrected chi connectivity index (χ3v) is 5.73. The van der Waals surface area contributed by atoms with Gasteiger partial charge in [0.1, 0.15) is 11.2 Å². The number of rotatable bonds is 5. The fraction of sp³-hybridized carbons (Fsp3) is 0.0769. The topological polar surface area (TPSA) is 39.4 Å². The zero-order valence-corrected chi connectivity index (χ0v) is 17.3. The average Bonchev–Trinajstić information content (AvgIpc) is 3.17. The van der Waals surface area contributed by atoms with Crippen molar-refractivity contribution in [1.82, 2.24) is 0 Å². The number of furan rings is 1. The summed E-state index contributed by atoms with van der Waals surface area (Å²) in [6.07, 6.45) is 1.53. The number of para-hydroxylation sites is 2. The summed E-state index contributed by atoms with van der Waals surface area (Å²) in [6, 6.07) is 31.1. The van der Waals surface area contributed by atoms with E-state index in [4.69, 9.17) is 8.60 Å². The molecule has 0 amide bonds. The van der Waals surface area contributed by atoms with E-state index in [1.165, 1.54) is 6.26 Å². The molecule has 148 valence electrons. The summed E-state index contributed by atoms with van der Waals surface area (Å²) >= 11 is -1.25. The third kappa shape index (κ3) is 3.56. The van der Waals surface area contributed by atoms with Crippen molar-refractivity contribution in [3.8, 4) is 22.3 Å². The van der Waals surface area contributed by atoms with Crippen LogP contribution in [0.4, 0.5) is 0 Å². The Morgan fingerprint density at radius 2 is 1.37 bits per heavy atom. The Balaban J connectivity index is 1.46. The van der Waals surface area contributed by atoms with E-state index in [9.17, 15) is 4.21 Å². The molecule has 1 heterocycles. The van der Waals surface area contributed by atoms with Crippen molar-refractivity contribution < 1.29 is 12.8 Å². The molecule has 1 aromatic heterocycles. The van der Waals surface area contributed by atoms with E-state index in [2.05, 4.69) is 60.7 Å². The Morgan fingerprint density at radius 3 is 2.10 bits per heavy atom. The smallest absolute Gasteiger partial charge is 0.152 e. The maximum absolute atomic E-state index is 11.1. The molecule has 0 aliphatic rings. The summed E-state index contributed by atoms with van der Waals surface area (Å²) in [7, 11) is 0. The van der Waals surface area contributed by atoms with Gasteiger partial charge in [0.2, 0.25) is 0 Å². The molecule has 1 atom stereocenters. The zero-order chi connectivity index (χ0) is 20.5. The Bertz CT molecular complexity index is 1350. The lowest BCUT2D eigenvalue weighted by molar-refractivity contribution is 0.340. The standard InChI is InChI=1S/C26H20O3S/c1-30(27)28-17-18-9-11-19(12-10-18)20-13-15-21(16-14-20)22-6-4-7-24-23-5-2-3-8-25(23)29-26(22)24/h2-16H,17H2,1H3. The quantitative estimate of drug-likeness (QED) is 0.321. The first-order valence-electron chi connectivity index (χ1n) is 9.76. The first kappa shape index (κ1) is 18.8. The van der Waals surface area contributed by atoms with Crippen LogP contribution in [-0.4, -0.2) is 10.5 Å². The van der Waals surface area contributed by atoms with Crippen LogP contribution in [0.3, 0.4) is 0 Å². The van der Waals surface area contributed by atoms with Gasteiger partial charge in [-0.2, -0.15) is 0 Å². The van der Waals surface area contributed by atoms with Gasteiger partial charge in [-0.1, -0.05) is 84.9 Å². The minimum absolute atomic E-state index is 0.351. The number of hydrogen-bond donors (Lipinski definition) is 0. The number of benzene rings is 4. The lowest BCUT2D eigenvalue weighted by Gasteiger charge is -2.07. The summed E-state index contributed by atoms with van der Waals surface area (Å²) in [5.74, 6) is 0. The highest BCUT2D eigenvalue weighted by Gasteiger charge is 2.11. The van der Waals surface area contributed by atoms with E-state index in [0.717, 1.165) is 49.8 Å². The molecule has 5 rings (SSSR count). The third-order valence-electron chi connectivity index (χ3n) is 5.28. The highest BCUT2D eigenvalue weighted by molar-refractivity contribution is 7.79. The number of hydrogen-bond acceptors (Lipinski definition) is 3. The van der Waals surface area contributed by atoms with Gasteiger partial charge >= 0.3 is 0 Å². The second-order valence-corrected chi connectivity index (χ2v) is 8.26. The van der Waals surface area contributed by atoms with Gasteiger partial charge < -0.3 is 4.42 Å². The van der Waals surface area contributed by atoms with Crippen molar-refractivity contribution in [1.29, 1.82) is 0 Å². The maximum Gasteiger partial charge on any atom is 0.152 e. The van der Waals surface area contributed by atoms with Crippen LogP contribution in [0.5, 0.6) is 0 Å². The molecule has 0 saturated carbocycles. The Kier molecular flexibility index (Phi) is 4.95. The van der Waals surface area contributed by atoms with Gasteiger partial charge in [-0.15, -0.1) is 0 Å². The first-order valence-corrected chi connectivity index (χ1v) is 11.2. The second kappa shape index (κ2) is 7.90. The Morgan fingerprint density at radius 1 is 0.733 bits per heavy atom. The molecule has 3 nitrogen and oxygen atoms in total. The highest BCUT2D eigenvalue weighted by Crippen LogP contribution is 2.36. The molecule has 0 radical (unpaired) electrons. The van der Waals surface area contributed by atoms with Crippen LogP contribution in [0.15, 0.2) is 95.4 Å².